The molecule has 2 amide bonds. The van der Waals surface area contributed by atoms with Gasteiger partial charge in [-0.3, -0.25) is 14.5 Å². The number of likely N-dealkylation sites (tertiary alicyclic amines) is 1. The van der Waals surface area contributed by atoms with Gasteiger partial charge in [-0.1, -0.05) is 18.2 Å². The zero-order valence-corrected chi connectivity index (χ0v) is 21.3. The number of rotatable bonds is 9. The average molecular weight is 498 g/mol. The number of piperidine rings is 1. The Bertz CT molecular complexity index is 1130. The average Bonchev–Trinajstić information content (AvgIpc) is 3.64. The minimum Gasteiger partial charge on any atom is -0.326 e. The Balaban J connectivity index is 1.29. The summed E-state index contributed by atoms with van der Waals surface area (Å²) in [5, 5.41) is 2.50. The predicted molar refractivity (Wildman–Crippen MR) is 139 cm³/mol. The minimum atomic E-state index is -3.11. The van der Waals surface area contributed by atoms with Crippen LogP contribution in [-0.4, -0.2) is 56.4 Å². The monoisotopic (exact) mass is 497 g/mol. The summed E-state index contributed by atoms with van der Waals surface area (Å²) in [4.78, 5) is 29.2. The van der Waals surface area contributed by atoms with Crippen LogP contribution >= 0.6 is 0 Å². The lowest BCUT2D eigenvalue weighted by atomic mass is 9.94. The molecular weight excluding hydrogens is 462 g/mol. The Morgan fingerprint density at radius 1 is 0.971 bits per heavy atom. The van der Waals surface area contributed by atoms with E-state index in [1.54, 1.807) is 29.2 Å². The van der Waals surface area contributed by atoms with Gasteiger partial charge in [0.1, 0.15) is 5.37 Å². The predicted octanol–water partition coefficient (Wildman–Crippen LogP) is 4.17. The Kier molecular flexibility index (Phi) is 7.91. The normalized spacial score (nSPS) is 20.9. The van der Waals surface area contributed by atoms with Crippen molar-refractivity contribution in [1.82, 2.24) is 4.90 Å². The van der Waals surface area contributed by atoms with E-state index in [4.69, 9.17) is 0 Å². The summed E-state index contributed by atoms with van der Waals surface area (Å²) in [5.41, 5.74) is 2.04. The van der Waals surface area contributed by atoms with Gasteiger partial charge in [-0.2, -0.15) is 0 Å². The number of hydrogen-bond donors (Lipinski definition) is 1. The highest BCUT2D eigenvalue weighted by Crippen LogP contribution is 2.34. The molecule has 0 bridgehead atoms. The summed E-state index contributed by atoms with van der Waals surface area (Å²) in [7, 11) is -1.26. The molecule has 0 spiro atoms. The summed E-state index contributed by atoms with van der Waals surface area (Å²) in [6.45, 7) is 3.09. The van der Waals surface area contributed by atoms with E-state index in [1.807, 2.05) is 49.2 Å². The van der Waals surface area contributed by atoms with Crippen LogP contribution in [0.15, 0.2) is 54.6 Å². The van der Waals surface area contributed by atoms with E-state index in [1.165, 1.54) is 0 Å². The molecule has 188 valence electrons. The first-order chi connectivity index (χ1) is 16.8. The third kappa shape index (κ3) is 6.49. The molecule has 1 aliphatic carbocycles. The van der Waals surface area contributed by atoms with Crippen molar-refractivity contribution in [2.24, 2.45) is 11.8 Å². The van der Waals surface area contributed by atoms with Crippen molar-refractivity contribution in [2.75, 3.05) is 36.1 Å². The zero-order chi connectivity index (χ0) is 25.0. The molecule has 2 aromatic carbocycles. The maximum Gasteiger partial charge on any atom is 0.258 e. The van der Waals surface area contributed by atoms with E-state index >= 15 is 0 Å². The second-order valence-electron chi connectivity index (χ2n) is 9.83. The highest BCUT2D eigenvalue weighted by Gasteiger charge is 2.38. The van der Waals surface area contributed by atoms with E-state index in [0.29, 0.717) is 48.9 Å². The lowest BCUT2D eigenvalue weighted by Crippen LogP contribution is -2.46. The zero-order valence-electron chi connectivity index (χ0n) is 20.5. The number of hydrogen-bond acceptors (Lipinski definition) is 5. The third-order valence-corrected chi connectivity index (χ3v) is 9.32. The number of benzene rings is 2. The smallest absolute Gasteiger partial charge is 0.258 e. The standard InChI is InChI=1S/C27H35N3O4S/c1-3-30(24-7-5-4-6-8-24)27(32)22-12-14-23(15-13-22)28-25(31)17-21-11-16-26(29(2)18-21)35(33,34)19-20-9-10-20/h4-8,12-15,20-21,26H,3,9-11,16-19H2,1-2H3,(H,28,31). The molecule has 2 fully saturated rings. The molecule has 4 rings (SSSR count). The maximum atomic E-state index is 13.0. The molecule has 1 saturated heterocycles. The second-order valence-corrected chi connectivity index (χ2v) is 12.0. The van der Waals surface area contributed by atoms with Gasteiger partial charge in [0.2, 0.25) is 5.91 Å². The number of anilines is 2. The molecule has 0 aromatic heterocycles. The molecule has 35 heavy (non-hydrogen) atoms. The topological polar surface area (TPSA) is 86.8 Å². The molecule has 2 aromatic rings. The van der Waals surface area contributed by atoms with E-state index in [0.717, 1.165) is 24.9 Å². The fourth-order valence-electron chi connectivity index (χ4n) is 4.94. The number of nitrogens with zero attached hydrogens (tertiary/aromatic N) is 2. The molecule has 1 saturated carbocycles. The van der Waals surface area contributed by atoms with E-state index < -0.39 is 15.2 Å². The minimum absolute atomic E-state index is 0.0898. The Morgan fingerprint density at radius 3 is 2.23 bits per heavy atom. The molecule has 2 aliphatic rings. The van der Waals surface area contributed by atoms with Crippen LogP contribution in [0.1, 0.15) is 49.4 Å². The van der Waals surface area contributed by atoms with Gasteiger partial charge in [0.15, 0.2) is 9.84 Å². The largest absolute Gasteiger partial charge is 0.326 e. The van der Waals surface area contributed by atoms with Crippen LogP contribution < -0.4 is 10.2 Å². The van der Waals surface area contributed by atoms with Crippen LogP contribution in [0.25, 0.3) is 0 Å². The van der Waals surface area contributed by atoms with Crippen LogP contribution in [0.2, 0.25) is 0 Å². The van der Waals surface area contributed by atoms with Crippen molar-refractivity contribution in [3.63, 3.8) is 0 Å². The van der Waals surface area contributed by atoms with Gasteiger partial charge in [-0.15, -0.1) is 0 Å². The SMILES string of the molecule is CCN(C(=O)c1ccc(NC(=O)CC2CCC(S(=O)(=O)CC3CC3)N(C)C2)cc1)c1ccccc1. The molecule has 1 N–H and O–H groups in total. The fraction of sp³-hybridized carbons (Fsp3) is 0.481. The first-order valence-corrected chi connectivity index (χ1v) is 14.2. The number of carbonyl (C=O) groups is 2. The number of amides is 2. The molecule has 7 nitrogen and oxygen atoms in total. The van der Waals surface area contributed by atoms with Gasteiger partial charge in [0, 0.05) is 36.4 Å². The third-order valence-electron chi connectivity index (χ3n) is 6.96. The lowest BCUT2D eigenvalue weighted by Gasteiger charge is -2.36. The van der Waals surface area contributed by atoms with Crippen molar-refractivity contribution < 1.29 is 18.0 Å². The first kappa shape index (κ1) is 25.4. The highest BCUT2D eigenvalue weighted by molar-refractivity contribution is 7.92. The van der Waals surface area contributed by atoms with Crippen molar-refractivity contribution >= 4 is 33.0 Å². The summed E-state index contributed by atoms with van der Waals surface area (Å²) in [6, 6.07) is 16.5. The molecule has 2 atom stereocenters. The summed E-state index contributed by atoms with van der Waals surface area (Å²) >= 11 is 0. The van der Waals surface area contributed by atoms with Crippen LogP contribution in [0.4, 0.5) is 11.4 Å². The van der Waals surface area contributed by atoms with Crippen molar-refractivity contribution in [2.45, 2.75) is 44.4 Å². The molecule has 8 heteroatoms. The fourth-order valence-corrected chi connectivity index (χ4v) is 7.28. The molecule has 1 aliphatic heterocycles. The second kappa shape index (κ2) is 10.9. The quantitative estimate of drug-likeness (QED) is 0.562. The molecule has 0 radical (unpaired) electrons. The lowest BCUT2D eigenvalue weighted by molar-refractivity contribution is -0.117. The Hall–Kier alpha value is -2.71. The Morgan fingerprint density at radius 2 is 1.63 bits per heavy atom. The van der Waals surface area contributed by atoms with Gasteiger partial charge in [-0.05, 0) is 87.9 Å². The van der Waals surface area contributed by atoms with Crippen LogP contribution in [0.3, 0.4) is 0 Å². The van der Waals surface area contributed by atoms with Crippen LogP contribution in [0, 0.1) is 11.8 Å². The highest BCUT2D eigenvalue weighted by atomic mass is 32.2. The van der Waals surface area contributed by atoms with Gasteiger partial charge < -0.3 is 10.2 Å². The summed E-state index contributed by atoms with van der Waals surface area (Å²) < 4.78 is 25.4. The molecule has 2 unspecified atom stereocenters. The number of sulfone groups is 1. The van der Waals surface area contributed by atoms with Crippen molar-refractivity contribution in [1.29, 1.82) is 0 Å². The summed E-state index contributed by atoms with van der Waals surface area (Å²) in [6.07, 6.45) is 3.70. The van der Waals surface area contributed by atoms with Crippen molar-refractivity contribution in [3.05, 3.63) is 60.2 Å². The van der Waals surface area contributed by atoms with Crippen LogP contribution in [-0.2, 0) is 14.6 Å². The number of para-hydroxylation sites is 1. The summed E-state index contributed by atoms with van der Waals surface area (Å²) in [5.74, 6) is 0.584. The van der Waals surface area contributed by atoms with Crippen molar-refractivity contribution in [3.8, 4) is 0 Å². The van der Waals surface area contributed by atoms with Gasteiger partial charge in [0.25, 0.3) is 5.91 Å². The van der Waals surface area contributed by atoms with E-state index in [-0.39, 0.29) is 17.7 Å². The van der Waals surface area contributed by atoms with Gasteiger partial charge in [0.05, 0.1) is 5.75 Å². The van der Waals surface area contributed by atoms with Gasteiger partial charge >= 0.3 is 0 Å². The number of carbonyl (C=O) groups excluding carboxylic acids is 2. The number of nitrogens with one attached hydrogen (secondary N) is 1. The van der Waals surface area contributed by atoms with Gasteiger partial charge in [-0.25, -0.2) is 8.42 Å². The molecular formula is C27H35N3O4S. The maximum absolute atomic E-state index is 13.0. The first-order valence-electron chi connectivity index (χ1n) is 12.5. The van der Waals surface area contributed by atoms with E-state index in [2.05, 4.69) is 5.32 Å². The molecule has 1 heterocycles. The van der Waals surface area contributed by atoms with E-state index in [9.17, 15) is 18.0 Å². The Labute approximate surface area is 208 Å². The van der Waals surface area contributed by atoms with Crippen LogP contribution in [0.5, 0.6) is 0 Å².